The van der Waals surface area contributed by atoms with E-state index in [4.69, 9.17) is 11.6 Å². The summed E-state index contributed by atoms with van der Waals surface area (Å²) in [6, 6.07) is 5.48. The third kappa shape index (κ3) is 2.64. The summed E-state index contributed by atoms with van der Waals surface area (Å²) in [6.07, 6.45) is -2.53. The van der Waals surface area contributed by atoms with Gasteiger partial charge in [-0.25, -0.2) is 14.4 Å². The minimum atomic E-state index is -4.57. The Morgan fingerprint density at radius 1 is 1.09 bits per heavy atom. The van der Waals surface area contributed by atoms with E-state index in [-0.39, 0.29) is 22.7 Å². The summed E-state index contributed by atoms with van der Waals surface area (Å²) in [5.74, 6) is -0.414. The molecule has 0 saturated carbocycles. The molecule has 0 bridgehead atoms. The largest absolute Gasteiger partial charge is 0.418 e. The Balaban J connectivity index is 2.14. The van der Waals surface area contributed by atoms with Crippen LogP contribution >= 0.6 is 11.6 Å². The van der Waals surface area contributed by atoms with Crippen molar-refractivity contribution in [2.24, 2.45) is 0 Å². The van der Waals surface area contributed by atoms with Crippen molar-refractivity contribution in [3.63, 3.8) is 0 Å². The standard InChI is InChI=1S/C14H8ClF4N3/c15-12-11-10(14(17,18)19)6-22(13(11)21-7-20-12)5-8-1-3-9(16)4-2-8/h1-4,6-7H,5H2. The van der Waals surface area contributed by atoms with E-state index in [0.29, 0.717) is 5.56 Å². The van der Waals surface area contributed by atoms with E-state index < -0.39 is 17.6 Å². The zero-order chi connectivity index (χ0) is 15.9. The summed E-state index contributed by atoms with van der Waals surface area (Å²) in [4.78, 5) is 7.49. The van der Waals surface area contributed by atoms with Crippen LogP contribution in [-0.2, 0) is 12.7 Å². The van der Waals surface area contributed by atoms with Gasteiger partial charge in [0, 0.05) is 12.7 Å². The van der Waals surface area contributed by atoms with Gasteiger partial charge in [-0.05, 0) is 17.7 Å². The third-order valence-corrected chi connectivity index (χ3v) is 3.47. The molecule has 3 aromatic rings. The van der Waals surface area contributed by atoms with Crippen LogP contribution in [-0.4, -0.2) is 14.5 Å². The van der Waals surface area contributed by atoms with Gasteiger partial charge in [-0.15, -0.1) is 0 Å². The van der Waals surface area contributed by atoms with Gasteiger partial charge < -0.3 is 4.57 Å². The van der Waals surface area contributed by atoms with Gasteiger partial charge in [0.1, 0.15) is 22.9 Å². The maximum atomic E-state index is 13.1. The molecule has 0 aliphatic heterocycles. The van der Waals surface area contributed by atoms with E-state index in [1.807, 2.05) is 0 Å². The van der Waals surface area contributed by atoms with Gasteiger partial charge in [0.2, 0.25) is 0 Å². The van der Waals surface area contributed by atoms with Crippen LogP contribution in [0.4, 0.5) is 17.6 Å². The Kier molecular flexibility index (Phi) is 3.52. The minimum Gasteiger partial charge on any atom is -0.327 e. The summed E-state index contributed by atoms with van der Waals surface area (Å²) < 4.78 is 53.6. The van der Waals surface area contributed by atoms with Crippen LogP contribution in [0.25, 0.3) is 11.0 Å². The van der Waals surface area contributed by atoms with Crippen molar-refractivity contribution in [3.05, 3.63) is 58.9 Å². The summed E-state index contributed by atoms with van der Waals surface area (Å²) >= 11 is 5.79. The van der Waals surface area contributed by atoms with Gasteiger partial charge in [-0.2, -0.15) is 13.2 Å². The van der Waals surface area contributed by atoms with Crippen LogP contribution < -0.4 is 0 Å². The Labute approximate surface area is 127 Å². The first kappa shape index (κ1) is 14.8. The third-order valence-electron chi connectivity index (χ3n) is 3.18. The van der Waals surface area contributed by atoms with Crippen LogP contribution in [0.1, 0.15) is 11.1 Å². The fourth-order valence-corrected chi connectivity index (χ4v) is 2.44. The van der Waals surface area contributed by atoms with Crippen LogP contribution in [0.15, 0.2) is 36.8 Å². The number of aromatic nitrogens is 3. The first-order valence-electron chi connectivity index (χ1n) is 6.17. The Hall–Kier alpha value is -2.15. The number of fused-ring (bicyclic) bond motifs is 1. The molecule has 0 spiro atoms. The molecule has 0 aliphatic rings. The van der Waals surface area contributed by atoms with Crippen LogP contribution in [0.3, 0.4) is 0 Å². The second kappa shape index (κ2) is 5.24. The summed E-state index contributed by atoms with van der Waals surface area (Å²) in [7, 11) is 0. The van der Waals surface area contributed by atoms with Crippen molar-refractivity contribution in [1.29, 1.82) is 0 Å². The van der Waals surface area contributed by atoms with E-state index >= 15 is 0 Å². The minimum absolute atomic E-state index is 0.0802. The van der Waals surface area contributed by atoms with E-state index in [1.54, 1.807) is 0 Å². The lowest BCUT2D eigenvalue weighted by atomic mass is 10.2. The molecule has 114 valence electrons. The number of hydrogen-bond acceptors (Lipinski definition) is 2. The maximum Gasteiger partial charge on any atom is 0.418 e. The van der Waals surface area contributed by atoms with Crippen molar-refractivity contribution in [1.82, 2.24) is 14.5 Å². The first-order valence-corrected chi connectivity index (χ1v) is 6.55. The predicted octanol–water partition coefficient (Wildman–Crippen LogP) is 4.29. The van der Waals surface area contributed by atoms with Gasteiger partial charge in [-0.1, -0.05) is 23.7 Å². The smallest absolute Gasteiger partial charge is 0.327 e. The molecule has 0 saturated heterocycles. The van der Waals surface area contributed by atoms with E-state index in [1.165, 1.54) is 28.8 Å². The molecule has 2 aromatic heterocycles. The molecular formula is C14H8ClF4N3. The van der Waals surface area contributed by atoms with E-state index in [2.05, 4.69) is 9.97 Å². The molecule has 1 aromatic carbocycles. The highest BCUT2D eigenvalue weighted by atomic mass is 35.5. The number of halogens is 5. The van der Waals surface area contributed by atoms with Crippen LogP contribution in [0.5, 0.6) is 0 Å². The summed E-state index contributed by atoms with van der Waals surface area (Å²) in [5, 5.41) is -0.492. The van der Waals surface area contributed by atoms with Gasteiger partial charge in [0.15, 0.2) is 0 Å². The molecule has 0 aliphatic carbocycles. The fourth-order valence-electron chi connectivity index (χ4n) is 2.21. The average Bonchev–Trinajstić information content (AvgIpc) is 2.82. The highest BCUT2D eigenvalue weighted by Crippen LogP contribution is 2.38. The number of alkyl halides is 3. The predicted molar refractivity (Wildman–Crippen MR) is 73.0 cm³/mol. The molecule has 3 rings (SSSR count). The topological polar surface area (TPSA) is 30.7 Å². The number of nitrogens with zero attached hydrogens (tertiary/aromatic N) is 3. The second-order valence-electron chi connectivity index (χ2n) is 4.66. The zero-order valence-electron chi connectivity index (χ0n) is 10.9. The lowest BCUT2D eigenvalue weighted by Gasteiger charge is -2.04. The monoisotopic (exact) mass is 329 g/mol. The number of benzene rings is 1. The molecule has 0 unspecified atom stereocenters. The fraction of sp³-hybridized carbons (Fsp3) is 0.143. The van der Waals surface area contributed by atoms with Crippen LogP contribution in [0, 0.1) is 5.82 Å². The van der Waals surface area contributed by atoms with Gasteiger partial charge >= 0.3 is 6.18 Å². The lowest BCUT2D eigenvalue weighted by Crippen LogP contribution is -2.04. The number of rotatable bonds is 2. The van der Waals surface area contributed by atoms with E-state index in [0.717, 1.165) is 12.5 Å². The van der Waals surface area contributed by atoms with E-state index in [9.17, 15) is 17.6 Å². The Bertz CT molecular complexity index is 824. The van der Waals surface area contributed by atoms with Crippen molar-refractivity contribution in [3.8, 4) is 0 Å². The molecule has 0 atom stereocenters. The van der Waals surface area contributed by atoms with Gasteiger partial charge in [-0.3, -0.25) is 0 Å². The molecule has 3 nitrogen and oxygen atoms in total. The highest BCUT2D eigenvalue weighted by Gasteiger charge is 2.36. The van der Waals surface area contributed by atoms with Crippen molar-refractivity contribution < 1.29 is 17.6 Å². The molecule has 22 heavy (non-hydrogen) atoms. The zero-order valence-corrected chi connectivity index (χ0v) is 11.7. The Morgan fingerprint density at radius 2 is 1.77 bits per heavy atom. The van der Waals surface area contributed by atoms with Crippen molar-refractivity contribution in [2.45, 2.75) is 12.7 Å². The van der Waals surface area contributed by atoms with Gasteiger partial charge in [0.25, 0.3) is 0 Å². The molecule has 8 heteroatoms. The molecule has 0 radical (unpaired) electrons. The normalized spacial score (nSPS) is 12.0. The van der Waals surface area contributed by atoms with Crippen molar-refractivity contribution in [2.75, 3.05) is 0 Å². The highest BCUT2D eigenvalue weighted by molar-refractivity contribution is 6.34. The number of hydrogen-bond donors (Lipinski definition) is 0. The molecule has 2 heterocycles. The van der Waals surface area contributed by atoms with Crippen molar-refractivity contribution >= 4 is 22.6 Å². The summed E-state index contributed by atoms with van der Waals surface area (Å²) in [5.41, 5.74) is -0.173. The first-order chi connectivity index (χ1) is 10.4. The van der Waals surface area contributed by atoms with Crippen LogP contribution in [0.2, 0.25) is 5.15 Å². The maximum absolute atomic E-state index is 13.1. The quantitative estimate of drug-likeness (QED) is 0.518. The molecule has 0 fully saturated rings. The summed E-state index contributed by atoms with van der Waals surface area (Å²) in [6.45, 7) is 0.111. The Morgan fingerprint density at radius 3 is 2.41 bits per heavy atom. The molecule has 0 amide bonds. The second-order valence-corrected chi connectivity index (χ2v) is 5.02. The average molecular weight is 330 g/mol. The van der Waals surface area contributed by atoms with Gasteiger partial charge in [0.05, 0.1) is 10.9 Å². The molecule has 0 N–H and O–H groups in total. The lowest BCUT2D eigenvalue weighted by molar-refractivity contribution is -0.136. The molecular weight excluding hydrogens is 322 g/mol. The SMILES string of the molecule is Fc1ccc(Cn2cc(C(F)(F)F)c3c(Cl)ncnc32)cc1.